The van der Waals surface area contributed by atoms with Crippen LogP contribution in [0, 0.1) is 6.92 Å². The second kappa shape index (κ2) is 16.2. The Hall–Kier alpha value is 1.37. The molecule has 0 aliphatic rings. The minimum atomic E-state index is -0.315. The quantitative estimate of drug-likeness (QED) is 0.438. The van der Waals surface area contributed by atoms with Crippen LogP contribution in [0.3, 0.4) is 0 Å². The Morgan fingerprint density at radius 2 is 1.33 bits per heavy atom. The Kier molecular flexibility index (Phi) is 40.3. The van der Waals surface area contributed by atoms with Gasteiger partial charge in [0.15, 0.2) is 0 Å². The molecule has 0 atom stereocenters. The minimum absolute atomic E-state index is 0. The van der Waals surface area contributed by atoms with Crippen LogP contribution in [0.15, 0.2) is 0 Å². The van der Waals surface area contributed by atoms with Crippen LogP contribution in [0.2, 0.25) is 0 Å². The van der Waals surface area contributed by atoms with E-state index in [-0.39, 0.29) is 56.7 Å². The second-order valence-electron chi connectivity index (χ2n) is 0.901. The first-order valence-corrected chi connectivity index (χ1v) is 1.70. The summed E-state index contributed by atoms with van der Waals surface area (Å²) in [5.41, 5.74) is 0. The van der Waals surface area contributed by atoms with E-state index in [1.54, 1.807) is 14.2 Å². The summed E-state index contributed by atoms with van der Waals surface area (Å²) in [6.07, 6.45) is -0.315. The molecule has 0 radical (unpaired) electrons. The van der Waals surface area contributed by atoms with Crippen molar-refractivity contribution in [3.8, 4) is 0 Å². The molecular weight excluding hydrogens is 299 g/mol. The van der Waals surface area contributed by atoms with E-state index in [0.717, 1.165) is 0 Å². The van der Waals surface area contributed by atoms with E-state index in [0.29, 0.717) is 0 Å². The molecule has 0 aromatic heterocycles. The first kappa shape index (κ1) is 22.4. The molecule has 64 valence electrons. The van der Waals surface area contributed by atoms with Crippen molar-refractivity contribution >= 4 is 34.0 Å². The minimum Gasteiger partial charge on any atom is -0.387 e. The SMILES string of the molecule is Br.Br.[CH2-]C(OC)OC.[Ni]. The fourth-order valence-electron chi connectivity index (χ4n) is 0.0962. The predicted molar refractivity (Wildman–Crippen MR) is 43.8 cm³/mol. The number of hydrogen-bond donors (Lipinski definition) is 0. The normalized spacial score (nSPS) is 6.67. The molecule has 9 heavy (non-hydrogen) atoms. The first-order chi connectivity index (χ1) is 2.81. The summed E-state index contributed by atoms with van der Waals surface area (Å²) in [4.78, 5) is 0. The van der Waals surface area contributed by atoms with Gasteiger partial charge in [-0.05, 0) is 0 Å². The van der Waals surface area contributed by atoms with Gasteiger partial charge in [0.1, 0.15) is 0 Å². The van der Waals surface area contributed by atoms with Gasteiger partial charge in [-0.1, -0.05) is 0 Å². The third-order valence-corrected chi connectivity index (χ3v) is 0.526. The molecule has 0 saturated heterocycles. The largest absolute Gasteiger partial charge is 0.387 e. The van der Waals surface area contributed by atoms with Crippen LogP contribution in [0.5, 0.6) is 0 Å². The third kappa shape index (κ3) is 17.6. The molecule has 0 heterocycles. The summed E-state index contributed by atoms with van der Waals surface area (Å²) >= 11 is 0. The van der Waals surface area contributed by atoms with Crippen LogP contribution in [-0.4, -0.2) is 20.5 Å². The van der Waals surface area contributed by atoms with Crippen LogP contribution >= 0.6 is 34.0 Å². The second-order valence-corrected chi connectivity index (χ2v) is 0.901. The summed E-state index contributed by atoms with van der Waals surface area (Å²) in [5.74, 6) is 0. The van der Waals surface area contributed by atoms with Crippen molar-refractivity contribution in [3.05, 3.63) is 6.92 Å². The van der Waals surface area contributed by atoms with Crippen LogP contribution in [0.25, 0.3) is 0 Å². The van der Waals surface area contributed by atoms with Gasteiger partial charge in [-0.25, -0.2) is 0 Å². The summed E-state index contributed by atoms with van der Waals surface area (Å²) in [7, 11) is 3.09. The standard InChI is InChI=1S/C4H9O2.2BrH.Ni/c1-4(5-2)6-3;;;/h4H,1H2,2-3H3;2*1H;/q-1;;;. The Morgan fingerprint density at radius 3 is 1.33 bits per heavy atom. The topological polar surface area (TPSA) is 18.5 Å². The van der Waals surface area contributed by atoms with Crippen LogP contribution < -0.4 is 0 Å². The van der Waals surface area contributed by atoms with Crippen molar-refractivity contribution in [2.75, 3.05) is 14.2 Å². The molecule has 0 spiro atoms. The van der Waals surface area contributed by atoms with Gasteiger partial charge in [-0.2, -0.15) is 0 Å². The smallest absolute Gasteiger partial charge is 0.0352 e. The van der Waals surface area contributed by atoms with Gasteiger partial charge in [0.25, 0.3) is 0 Å². The number of hydrogen-bond acceptors (Lipinski definition) is 2. The van der Waals surface area contributed by atoms with Crippen molar-refractivity contribution in [3.63, 3.8) is 0 Å². The van der Waals surface area contributed by atoms with Gasteiger partial charge >= 0.3 is 0 Å². The number of halogens is 2. The van der Waals surface area contributed by atoms with Crippen LogP contribution in [0.1, 0.15) is 0 Å². The van der Waals surface area contributed by atoms with Crippen molar-refractivity contribution < 1.29 is 26.0 Å². The van der Waals surface area contributed by atoms with E-state index in [1.807, 2.05) is 0 Å². The molecule has 0 rings (SSSR count). The maximum atomic E-state index is 4.57. The van der Waals surface area contributed by atoms with Crippen LogP contribution in [-0.2, 0) is 26.0 Å². The maximum Gasteiger partial charge on any atom is 0.0352 e. The van der Waals surface area contributed by atoms with Crippen molar-refractivity contribution in [2.24, 2.45) is 0 Å². The number of methoxy groups -OCH3 is 2. The van der Waals surface area contributed by atoms with E-state index in [1.165, 1.54) is 0 Å². The molecule has 5 heteroatoms. The summed E-state index contributed by atoms with van der Waals surface area (Å²) < 4.78 is 9.13. The molecule has 0 saturated carbocycles. The molecule has 0 unspecified atom stereocenters. The fraction of sp³-hybridized carbons (Fsp3) is 0.750. The monoisotopic (exact) mass is 307 g/mol. The Labute approximate surface area is 87.1 Å². The molecule has 0 amide bonds. The van der Waals surface area contributed by atoms with E-state index in [2.05, 4.69) is 16.4 Å². The van der Waals surface area contributed by atoms with E-state index < -0.39 is 0 Å². The molecule has 0 fully saturated rings. The van der Waals surface area contributed by atoms with Crippen molar-refractivity contribution in [1.82, 2.24) is 0 Å². The zero-order valence-electron chi connectivity index (χ0n) is 5.23. The average Bonchev–Trinajstić information content (AvgIpc) is 1.65. The molecular formula is C4H11Br2NiO2-. The molecule has 0 N–H and O–H groups in total. The fourth-order valence-corrected chi connectivity index (χ4v) is 0.0962. The van der Waals surface area contributed by atoms with Crippen LogP contribution in [0.4, 0.5) is 0 Å². The van der Waals surface area contributed by atoms with Gasteiger partial charge in [-0.3, -0.25) is 6.92 Å². The Bertz CT molecular complexity index is 35.7. The molecule has 0 aromatic rings. The molecule has 0 bridgehead atoms. The van der Waals surface area contributed by atoms with E-state index in [9.17, 15) is 0 Å². The Balaban J connectivity index is -0.0000000417. The Morgan fingerprint density at radius 1 is 1.11 bits per heavy atom. The summed E-state index contributed by atoms with van der Waals surface area (Å²) in [6, 6.07) is 0. The average molecular weight is 310 g/mol. The van der Waals surface area contributed by atoms with Crippen molar-refractivity contribution in [2.45, 2.75) is 6.29 Å². The molecule has 2 nitrogen and oxygen atoms in total. The summed E-state index contributed by atoms with van der Waals surface area (Å²) in [5, 5.41) is 0. The predicted octanol–water partition coefficient (Wildman–Crippen LogP) is 1.59. The molecule has 0 aliphatic heterocycles. The van der Waals surface area contributed by atoms with Crippen molar-refractivity contribution in [1.29, 1.82) is 0 Å². The van der Waals surface area contributed by atoms with Gasteiger partial charge in [0, 0.05) is 37.0 Å². The zero-order chi connectivity index (χ0) is 4.99. The van der Waals surface area contributed by atoms with E-state index in [4.69, 9.17) is 0 Å². The maximum absolute atomic E-state index is 4.57. The third-order valence-electron chi connectivity index (χ3n) is 0.526. The number of ether oxygens (including phenoxy) is 2. The van der Waals surface area contributed by atoms with E-state index >= 15 is 0 Å². The van der Waals surface area contributed by atoms with Gasteiger partial charge in [-0.15, -0.1) is 34.0 Å². The van der Waals surface area contributed by atoms with Gasteiger partial charge in [0.2, 0.25) is 0 Å². The van der Waals surface area contributed by atoms with Gasteiger partial charge < -0.3 is 9.47 Å². The summed E-state index contributed by atoms with van der Waals surface area (Å²) in [6.45, 7) is 3.43. The molecule has 0 aromatic carbocycles. The first-order valence-electron chi connectivity index (χ1n) is 1.70. The molecule has 0 aliphatic carbocycles. The zero-order valence-corrected chi connectivity index (χ0v) is 9.65. The van der Waals surface area contributed by atoms with Gasteiger partial charge in [0.05, 0.1) is 0 Å². The number of rotatable bonds is 2.